The summed E-state index contributed by atoms with van der Waals surface area (Å²) < 4.78 is 10.2. The molecule has 1 heterocycles. The summed E-state index contributed by atoms with van der Waals surface area (Å²) in [5.74, 6) is 0.661. The first-order valence-corrected chi connectivity index (χ1v) is 10.7. The molecule has 0 spiro atoms. The Hall–Kier alpha value is -2.41. The molecule has 3 N–H and O–H groups in total. The quantitative estimate of drug-likeness (QED) is 0.139. The van der Waals surface area contributed by atoms with Crippen molar-refractivity contribution in [3.8, 4) is 5.75 Å². The molecule has 0 aliphatic carbocycles. The number of methoxy groups -OCH3 is 1. The molecule has 0 aliphatic heterocycles. The number of aryl methyl sites for hydroxylation is 1. The summed E-state index contributed by atoms with van der Waals surface area (Å²) in [5, 5.41) is 9.99. The van der Waals surface area contributed by atoms with E-state index >= 15 is 0 Å². The molecule has 1 atom stereocenters. The standard InChI is InChI=1S/C21H29N5O4S.HI/c1-6-30-20(28)17-13(2)25-19(31-17)14(3)26-21(22-4)24-11-10-23-18(27)15-8-7-9-16(12-15)29-5;/h7-9,12,14H,6,10-11H2,1-5H3,(H,23,27)(H2,22,24,26);1H. The van der Waals surface area contributed by atoms with Crippen LogP contribution in [0.4, 0.5) is 0 Å². The largest absolute Gasteiger partial charge is 0.497 e. The predicted octanol–water partition coefficient (Wildman–Crippen LogP) is 2.91. The normalized spacial score (nSPS) is 11.7. The molecule has 1 amide bonds. The molecule has 176 valence electrons. The number of aromatic nitrogens is 1. The monoisotopic (exact) mass is 575 g/mol. The minimum Gasteiger partial charge on any atom is -0.497 e. The Kier molecular flexibility index (Phi) is 12.0. The van der Waals surface area contributed by atoms with Crippen LogP contribution in [0.2, 0.25) is 0 Å². The van der Waals surface area contributed by atoms with E-state index in [0.29, 0.717) is 47.5 Å². The summed E-state index contributed by atoms with van der Waals surface area (Å²) in [6.07, 6.45) is 0. The van der Waals surface area contributed by atoms with Gasteiger partial charge in [0, 0.05) is 25.7 Å². The number of rotatable bonds is 9. The lowest BCUT2D eigenvalue weighted by atomic mass is 10.2. The first-order valence-electron chi connectivity index (χ1n) is 9.93. The molecule has 1 aromatic heterocycles. The van der Waals surface area contributed by atoms with Gasteiger partial charge in [-0.2, -0.15) is 0 Å². The third-order valence-electron chi connectivity index (χ3n) is 4.26. The van der Waals surface area contributed by atoms with Crippen molar-refractivity contribution in [2.24, 2.45) is 4.99 Å². The summed E-state index contributed by atoms with van der Waals surface area (Å²) in [5.41, 5.74) is 1.18. The number of benzene rings is 1. The van der Waals surface area contributed by atoms with E-state index in [1.807, 2.05) is 6.92 Å². The van der Waals surface area contributed by atoms with E-state index in [2.05, 4.69) is 25.9 Å². The average Bonchev–Trinajstić information content (AvgIpc) is 3.17. The smallest absolute Gasteiger partial charge is 0.350 e. The third-order valence-corrected chi connectivity index (χ3v) is 5.58. The van der Waals surface area contributed by atoms with Crippen LogP contribution in [0.25, 0.3) is 0 Å². The molecule has 32 heavy (non-hydrogen) atoms. The summed E-state index contributed by atoms with van der Waals surface area (Å²) >= 11 is 1.30. The SMILES string of the molecule is CCOC(=O)c1sc(C(C)NC(=NC)NCCNC(=O)c2cccc(OC)c2)nc1C.I. The summed E-state index contributed by atoms with van der Waals surface area (Å²) in [6, 6.07) is 6.81. The van der Waals surface area contributed by atoms with Gasteiger partial charge in [0.05, 0.1) is 25.5 Å². The molecule has 0 bridgehead atoms. The fourth-order valence-corrected chi connectivity index (χ4v) is 3.64. The van der Waals surface area contributed by atoms with E-state index in [4.69, 9.17) is 9.47 Å². The van der Waals surface area contributed by atoms with Gasteiger partial charge in [-0.15, -0.1) is 35.3 Å². The maximum Gasteiger partial charge on any atom is 0.350 e. The van der Waals surface area contributed by atoms with Crippen molar-refractivity contribution in [1.82, 2.24) is 20.9 Å². The zero-order valence-electron chi connectivity index (χ0n) is 18.9. The maximum absolute atomic E-state index is 12.2. The molecule has 2 rings (SSSR count). The number of thiazole rings is 1. The van der Waals surface area contributed by atoms with Gasteiger partial charge in [-0.05, 0) is 39.0 Å². The van der Waals surface area contributed by atoms with Crippen LogP contribution >= 0.6 is 35.3 Å². The summed E-state index contributed by atoms with van der Waals surface area (Å²) in [4.78, 5) is 33.4. The van der Waals surface area contributed by atoms with Gasteiger partial charge in [-0.25, -0.2) is 9.78 Å². The third kappa shape index (κ3) is 7.93. The van der Waals surface area contributed by atoms with Gasteiger partial charge in [-0.3, -0.25) is 9.79 Å². The van der Waals surface area contributed by atoms with Crippen molar-refractivity contribution in [2.75, 3.05) is 33.9 Å². The van der Waals surface area contributed by atoms with Crippen molar-refractivity contribution in [3.63, 3.8) is 0 Å². The van der Waals surface area contributed by atoms with E-state index in [-0.39, 0.29) is 41.9 Å². The van der Waals surface area contributed by atoms with Crippen molar-refractivity contribution in [1.29, 1.82) is 0 Å². The van der Waals surface area contributed by atoms with Crippen molar-refractivity contribution < 1.29 is 19.1 Å². The van der Waals surface area contributed by atoms with Gasteiger partial charge in [0.1, 0.15) is 15.6 Å². The van der Waals surface area contributed by atoms with Crippen LogP contribution in [-0.2, 0) is 4.74 Å². The number of nitrogens with one attached hydrogen (secondary N) is 3. The molecule has 1 unspecified atom stereocenters. The van der Waals surface area contributed by atoms with Crippen LogP contribution in [0.15, 0.2) is 29.3 Å². The number of guanidine groups is 1. The summed E-state index contributed by atoms with van der Waals surface area (Å²) in [7, 11) is 3.22. The van der Waals surface area contributed by atoms with Gasteiger partial charge < -0.3 is 25.4 Å². The van der Waals surface area contributed by atoms with Gasteiger partial charge in [0.25, 0.3) is 5.91 Å². The Morgan fingerprint density at radius 2 is 1.97 bits per heavy atom. The molecule has 9 nitrogen and oxygen atoms in total. The Morgan fingerprint density at radius 1 is 1.25 bits per heavy atom. The zero-order chi connectivity index (χ0) is 22.8. The minimum atomic E-state index is -0.356. The molecule has 0 radical (unpaired) electrons. The van der Waals surface area contributed by atoms with Crippen molar-refractivity contribution >= 4 is 53.1 Å². The van der Waals surface area contributed by atoms with Gasteiger partial charge in [0.15, 0.2) is 5.96 Å². The molecule has 0 saturated heterocycles. The fraction of sp³-hybridized carbons (Fsp3) is 0.429. The number of aliphatic imine (C=N–C) groups is 1. The first kappa shape index (κ1) is 27.6. The number of hydrogen-bond donors (Lipinski definition) is 3. The second-order valence-corrected chi connectivity index (χ2v) is 7.57. The lowest BCUT2D eigenvalue weighted by Gasteiger charge is -2.16. The second-order valence-electron chi connectivity index (χ2n) is 6.54. The Morgan fingerprint density at radius 3 is 2.62 bits per heavy atom. The number of ether oxygens (including phenoxy) is 2. The number of hydrogen-bond acceptors (Lipinski definition) is 7. The molecule has 0 fully saturated rings. The van der Waals surface area contributed by atoms with E-state index in [9.17, 15) is 9.59 Å². The maximum atomic E-state index is 12.2. The topological polar surface area (TPSA) is 114 Å². The molecule has 2 aromatic rings. The van der Waals surface area contributed by atoms with E-state index in [0.717, 1.165) is 5.01 Å². The van der Waals surface area contributed by atoms with Crippen molar-refractivity contribution in [2.45, 2.75) is 26.8 Å². The molecular formula is C21H30IN5O4S. The van der Waals surface area contributed by atoms with Crippen LogP contribution in [0.5, 0.6) is 5.75 Å². The first-order chi connectivity index (χ1) is 14.9. The van der Waals surface area contributed by atoms with Crippen LogP contribution in [0.3, 0.4) is 0 Å². The van der Waals surface area contributed by atoms with Crippen LogP contribution < -0.4 is 20.7 Å². The van der Waals surface area contributed by atoms with Crippen LogP contribution in [-0.4, -0.2) is 56.7 Å². The summed E-state index contributed by atoms with van der Waals surface area (Å²) in [6.45, 7) is 6.71. The lowest BCUT2D eigenvalue weighted by Crippen LogP contribution is -2.42. The lowest BCUT2D eigenvalue weighted by molar-refractivity contribution is 0.0531. The molecule has 0 saturated carbocycles. The predicted molar refractivity (Wildman–Crippen MR) is 136 cm³/mol. The minimum absolute atomic E-state index is 0. The zero-order valence-corrected chi connectivity index (χ0v) is 22.0. The second kappa shape index (κ2) is 13.9. The van der Waals surface area contributed by atoms with Gasteiger partial charge in [0.2, 0.25) is 0 Å². The highest BCUT2D eigenvalue weighted by atomic mass is 127. The van der Waals surface area contributed by atoms with Crippen LogP contribution in [0, 0.1) is 6.92 Å². The average molecular weight is 575 g/mol. The number of esters is 1. The molecular weight excluding hydrogens is 545 g/mol. The number of nitrogens with zero attached hydrogens (tertiary/aromatic N) is 2. The Bertz CT molecular complexity index is 935. The Labute approximate surface area is 209 Å². The highest BCUT2D eigenvalue weighted by molar-refractivity contribution is 14.0. The van der Waals surface area contributed by atoms with Gasteiger partial charge in [-0.1, -0.05) is 6.07 Å². The molecule has 0 aliphatic rings. The number of halogens is 1. The van der Waals surface area contributed by atoms with Crippen LogP contribution in [0.1, 0.15) is 50.6 Å². The molecule has 1 aromatic carbocycles. The Balaban J connectivity index is 0.00000512. The van der Waals surface area contributed by atoms with Gasteiger partial charge >= 0.3 is 5.97 Å². The van der Waals surface area contributed by atoms with E-state index < -0.39 is 0 Å². The number of amides is 1. The van der Waals surface area contributed by atoms with E-state index in [1.165, 1.54) is 11.3 Å². The number of carbonyl (C=O) groups is 2. The van der Waals surface area contributed by atoms with E-state index in [1.54, 1.807) is 52.3 Å². The highest BCUT2D eigenvalue weighted by Crippen LogP contribution is 2.24. The van der Waals surface area contributed by atoms with Crippen molar-refractivity contribution in [3.05, 3.63) is 45.4 Å². The molecule has 11 heteroatoms. The number of carbonyl (C=O) groups excluding carboxylic acids is 2. The highest BCUT2D eigenvalue weighted by Gasteiger charge is 2.20. The fourth-order valence-electron chi connectivity index (χ4n) is 2.67.